The third kappa shape index (κ3) is 2.76. The Morgan fingerprint density at radius 2 is 2.36 bits per heavy atom. The summed E-state index contributed by atoms with van der Waals surface area (Å²) in [7, 11) is -1.54. The van der Waals surface area contributed by atoms with Crippen molar-refractivity contribution >= 4 is 10.0 Å². The highest BCUT2D eigenvalue weighted by atomic mass is 32.2. The molecule has 11 heavy (non-hydrogen) atoms. The van der Waals surface area contributed by atoms with E-state index >= 15 is 0 Å². The Bertz CT molecular complexity index is 207. The third-order valence-corrected chi connectivity index (χ3v) is 3.46. The fourth-order valence-corrected chi connectivity index (χ4v) is 2.32. The lowest BCUT2D eigenvalue weighted by molar-refractivity contribution is 0.563. The lowest BCUT2D eigenvalue weighted by Crippen LogP contribution is -2.27. The molecule has 2 N–H and O–H groups in total. The molecule has 0 aromatic heterocycles. The van der Waals surface area contributed by atoms with Crippen LogP contribution in [-0.4, -0.2) is 34.3 Å². The average Bonchev–Trinajstić information content (AvgIpc) is 2.39. The Morgan fingerprint density at radius 3 is 2.82 bits per heavy atom. The van der Waals surface area contributed by atoms with Gasteiger partial charge in [-0.15, -0.1) is 0 Å². The van der Waals surface area contributed by atoms with E-state index in [2.05, 4.69) is 10.0 Å². The van der Waals surface area contributed by atoms with E-state index < -0.39 is 10.0 Å². The Labute approximate surface area is 67.4 Å². The van der Waals surface area contributed by atoms with E-state index in [-0.39, 0.29) is 5.75 Å². The largest absolute Gasteiger partial charge is 0.316 e. The minimum absolute atomic E-state index is 0.260. The van der Waals surface area contributed by atoms with Gasteiger partial charge in [-0.25, -0.2) is 13.1 Å². The minimum atomic E-state index is -2.99. The van der Waals surface area contributed by atoms with E-state index in [0.717, 1.165) is 19.5 Å². The summed E-state index contributed by atoms with van der Waals surface area (Å²) < 4.78 is 24.3. The summed E-state index contributed by atoms with van der Waals surface area (Å²) in [4.78, 5) is 0. The molecule has 4 nitrogen and oxygen atoms in total. The van der Waals surface area contributed by atoms with Gasteiger partial charge in [0.25, 0.3) is 0 Å². The molecule has 66 valence electrons. The zero-order chi connectivity index (χ0) is 8.32. The van der Waals surface area contributed by atoms with Crippen LogP contribution in [0.15, 0.2) is 0 Å². The summed E-state index contributed by atoms with van der Waals surface area (Å²) in [6.45, 7) is 1.78. The maximum absolute atomic E-state index is 11.0. The molecule has 0 bridgehead atoms. The minimum Gasteiger partial charge on any atom is -0.316 e. The molecule has 0 aliphatic carbocycles. The average molecular weight is 178 g/mol. The van der Waals surface area contributed by atoms with Crippen molar-refractivity contribution in [2.75, 3.05) is 25.9 Å². The molecule has 1 unspecified atom stereocenters. The quantitative estimate of drug-likeness (QED) is 0.591. The van der Waals surface area contributed by atoms with Crippen molar-refractivity contribution in [2.45, 2.75) is 6.42 Å². The fraction of sp³-hybridized carbons (Fsp3) is 1.00. The summed E-state index contributed by atoms with van der Waals surface area (Å²) in [5, 5.41) is 3.13. The van der Waals surface area contributed by atoms with Gasteiger partial charge in [0.15, 0.2) is 0 Å². The van der Waals surface area contributed by atoms with Crippen LogP contribution in [0.5, 0.6) is 0 Å². The first-order valence-electron chi connectivity index (χ1n) is 3.76. The lowest BCUT2D eigenvalue weighted by atomic mass is 10.2. The van der Waals surface area contributed by atoms with Crippen molar-refractivity contribution < 1.29 is 8.42 Å². The number of hydrogen-bond donors (Lipinski definition) is 2. The van der Waals surface area contributed by atoms with Crippen LogP contribution in [0, 0.1) is 5.92 Å². The van der Waals surface area contributed by atoms with Gasteiger partial charge < -0.3 is 5.32 Å². The van der Waals surface area contributed by atoms with Gasteiger partial charge >= 0.3 is 0 Å². The SMILES string of the molecule is CNS(=O)(=O)CC1CCNC1. The van der Waals surface area contributed by atoms with Crippen molar-refractivity contribution in [2.24, 2.45) is 5.92 Å². The summed E-state index contributed by atoms with van der Waals surface area (Å²) in [6.07, 6.45) is 0.973. The van der Waals surface area contributed by atoms with E-state index in [1.165, 1.54) is 7.05 Å². The molecule has 0 aromatic carbocycles. The van der Waals surface area contributed by atoms with Gasteiger partial charge in [0.2, 0.25) is 10.0 Å². The van der Waals surface area contributed by atoms with Crippen LogP contribution in [0.2, 0.25) is 0 Å². The Kier molecular flexibility index (Phi) is 2.86. The first-order valence-corrected chi connectivity index (χ1v) is 5.41. The first-order chi connectivity index (χ1) is 5.14. The van der Waals surface area contributed by atoms with Gasteiger partial charge in [-0.05, 0) is 32.5 Å². The highest BCUT2D eigenvalue weighted by Gasteiger charge is 2.20. The molecular formula is C6H14N2O2S. The molecule has 0 saturated carbocycles. The summed E-state index contributed by atoms with van der Waals surface area (Å²) >= 11 is 0. The van der Waals surface area contributed by atoms with Gasteiger partial charge in [0.1, 0.15) is 0 Å². The molecule has 1 atom stereocenters. The molecule has 1 aliphatic rings. The molecule has 0 amide bonds. The van der Waals surface area contributed by atoms with Crippen molar-refractivity contribution in [3.05, 3.63) is 0 Å². The molecule has 1 fully saturated rings. The van der Waals surface area contributed by atoms with E-state index in [1.54, 1.807) is 0 Å². The highest BCUT2D eigenvalue weighted by Crippen LogP contribution is 2.09. The van der Waals surface area contributed by atoms with Crippen molar-refractivity contribution in [3.63, 3.8) is 0 Å². The molecule has 0 aromatic rings. The predicted octanol–water partition coefficient (Wildman–Crippen LogP) is -0.855. The molecule has 5 heteroatoms. The maximum atomic E-state index is 11.0. The monoisotopic (exact) mass is 178 g/mol. The number of hydrogen-bond acceptors (Lipinski definition) is 3. The van der Waals surface area contributed by atoms with Crippen molar-refractivity contribution in [1.29, 1.82) is 0 Å². The molecule has 0 spiro atoms. The van der Waals surface area contributed by atoms with Crippen LogP contribution in [0.4, 0.5) is 0 Å². The zero-order valence-electron chi connectivity index (χ0n) is 6.63. The summed E-state index contributed by atoms with van der Waals surface area (Å²) in [5.41, 5.74) is 0. The zero-order valence-corrected chi connectivity index (χ0v) is 7.45. The predicted molar refractivity (Wildman–Crippen MR) is 43.8 cm³/mol. The van der Waals surface area contributed by atoms with E-state index in [0.29, 0.717) is 5.92 Å². The van der Waals surface area contributed by atoms with Gasteiger partial charge in [0.05, 0.1) is 5.75 Å². The molecule has 1 rings (SSSR count). The van der Waals surface area contributed by atoms with E-state index in [4.69, 9.17) is 0 Å². The number of sulfonamides is 1. The second-order valence-corrected chi connectivity index (χ2v) is 4.82. The van der Waals surface area contributed by atoms with Crippen LogP contribution >= 0.6 is 0 Å². The van der Waals surface area contributed by atoms with Gasteiger partial charge in [-0.2, -0.15) is 0 Å². The first kappa shape index (κ1) is 8.96. The van der Waals surface area contributed by atoms with Crippen LogP contribution in [0.3, 0.4) is 0 Å². The van der Waals surface area contributed by atoms with Crippen LogP contribution < -0.4 is 10.0 Å². The molecule has 1 saturated heterocycles. The Balaban J connectivity index is 2.41. The van der Waals surface area contributed by atoms with Crippen LogP contribution in [0.25, 0.3) is 0 Å². The number of rotatable bonds is 3. The van der Waals surface area contributed by atoms with Crippen LogP contribution in [0.1, 0.15) is 6.42 Å². The van der Waals surface area contributed by atoms with Gasteiger partial charge in [-0.1, -0.05) is 0 Å². The smallest absolute Gasteiger partial charge is 0.211 e. The lowest BCUT2D eigenvalue weighted by Gasteiger charge is -2.07. The Morgan fingerprint density at radius 1 is 1.64 bits per heavy atom. The second-order valence-electron chi connectivity index (χ2n) is 2.84. The third-order valence-electron chi connectivity index (χ3n) is 1.93. The van der Waals surface area contributed by atoms with E-state index in [1.807, 2.05) is 0 Å². The van der Waals surface area contributed by atoms with Crippen molar-refractivity contribution in [1.82, 2.24) is 10.0 Å². The normalized spacial score (nSPS) is 25.7. The fourth-order valence-electron chi connectivity index (χ4n) is 1.25. The topological polar surface area (TPSA) is 58.2 Å². The second kappa shape index (κ2) is 3.51. The molecule has 1 heterocycles. The summed E-state index contributed by atoms with van der Waals surface area (Å²) in [5.74, 6) is 0.559. The van der Waals surface area contributed by atoms with Crippen LogP contribution in [-0.2, 0) is 10.0 Å². The highest BCUT2D eigenvalue weighted by molar-refractivity contribution is 7.89. The maximum Gasteiger partial charge on any atom is 0.211 e. The summed E-state index contributed by atoms with van der Waals surface area (Å²) in [6, 6.07) is 0. The number of nitrogens with one attached hydrogen (secondary N) is 2. The molecule has 1 aliphatic heterocycles. The van der Waals surface area contributed by atoms with E-state index in [9.17, 15) is 8.42 Å². The van der Waals surface area contributed by atoms with Crippen molar-refractivity contribution in [3.8, 4) is 0 Å². The van der Waals surface area contributed by atoms with Gasteiger partial charge in [-0.3, -0.25) is 0 Å². The Hall–Kier alpha value is -0.130. The molecular weight excluding hydrogens is 164 g/mol. The van der Waals surface area contributed by atoms with Gasteiger partial charge in [0, 0.05) is 0 Å². The standard InChI is InChI=1S/C6H14N2O2S/c1-7-11(9,10)5-6-2-3-8-4-6/h6-8H,2-5H2,1H3. The molecule has 0 radical (unpaired) electrons.